The van der Waals surface area contributed by atoms with Crippen molar-refractivity contribution < 1.29 is 9.32 Å². The number of nitrogens with zero attached hydrogens (tertiary/aromatic N) is 3. The highest BCUT2D eigenvalue weighted by atomic mass is 32.2. The highest BCUT2D eigenvalue weighted by Crippen LogP contribution is 2.37. The van der Waals surface area contributed by atoms with Gasteiger partial charge in [-0.25, -0.2) is 4.98 Å². The van der Waals surface area contributed by atoms with Crippen LogP contribution < -0.4 is 5.32 Å². The van der Waals surface area contributed by atoms with Gasteiger partial charge in [0, 0.05) is 18.3 Å². The molecule has 6 nitrogen and oxygen atoms in total. The van der Waals surface area contributed by atoms with Crippen LogP contribution in [0.1, 0.15) is 41.8 Å². The third kappa shape index (κ3) is 4.65. The maximum Gasteiger partial charge on any atom is 0.243 e. The minimum absolute atomic E-state index is 0.154. The van der Waals surface area contributed by atoms with Gasteiger partial charge < -0.3 is 14.4 Å². The summed E-state index contributed by atoms with van der Waals surface area (Å²) in [7, 11) is 0. The summed E-state index contributed by atoms with van der Waals surface area (Å²) in [5, 5.41) is 7.14. The van der Waals surface area contributed by atoms with Gasteiger partial charge in [0.2, 0.25) is 5.91 Å². The Morgan fingerprint density at radius 2 is 1.93 bits per heavy atom. The standard InChI is InChI=1S/C21H26N4O2S/c1-13(2)12-25-16(5)15(4)22-21(25)28-19(17-9-7-6-8-10-17)20(26)23-18-11-14(3)27-24-18/h6-11,13,19H,12H2,1-5H3,(H,23,24,26). The maximum absolute atomic E-state index is 13.1. The zero-order chi connectivity index (χ0) is 20.3. The van der Waals surface area contributed by atoms with E-state index < -0.39 is 5.25 Å². The second kappa shape index (κ2) is 8.65. The van der Waals surface area contributed by atoms with Crippen LogP contribution in [-0.4, -0.2) is 20.6 Å². The van der Waals surface area contributed by atoms with Crippen LogP contribution in [0.15, 0.2) is 46.1 Å². The summed E-state index contributed by atoms with van der Waals surface area (Å²) < 4.78 is 7.27. The molecule has 0 spiro atoms. The Hall–Kier alpha value is -2.54. The van der Waals surface area contributed by atoms with Crippen molar-refractivity contribution in [2.24, 2.45) is 5.92 Å². The number of imidazole rings is 1. The number of benzene rings is 1. The second-order valence-electron chi connectivity index (χ2n) is 7.29. The summed E-state index contributed by atoms with van der Waals surface area (Å²) >= 11 is 1.46. The van der Waals surface area contributed by atoms with Gasteiger partial charge in [-0.3, -0.25) is 4.79 Å². The van der Waals surface area contributed by atoms with E-state index in [1.807, 2.05) is 37.3 Å². The average molecular weight is 399 g/mol. The molecule has 0 aliphatic rings. The van der Waals surface area contributed by atoms with Crippen LogP contribution >= 0.6 is 11.8 Å². The minimum atomic E-state index is -0.453. The van der Waals surface area contributed by atoms with Crippen molar-refractivity contribution in [1.29, 1.82) is 0 Å². The van der Waals surface area contributed by atoms with Crippen LogP contribution in [0.4, 0.5) is 5.82 Å². The number of hydrogen-bond acceptors (Lipinski definition) is 5. The number of aryl methyl sites for hydroxylation is 2. The normalized spacial score (nSPS) is 12.4. The highest BCUT2D eigenvalue weighted by molar-refractivity contribution is 8.00. The number of carbonyl (C=O) groups is 1. The molecule has 0 aliphatic carbocycles. The lowest BCUT2D eigenvalue weighted by atomic mass is 10.1. The van der Waals surface area contributed by atoms with Gasteiger partial charge in [0.25, 0.3) is 0 Å². The van der Waals surface area contributed by atoms with Gasteiger partial charge in [-0.15, -0.1) is 0 Å². The van der Waals surface area contributed by atoms with Crippen molar-refractivity contribution in [3.05, 3.63) is 59.1 Å². The SMILES string of the molecule is Cc1cc(NC(=O)C(Sc2nc(C)c(C)n2CC(C)C)c2ccccc2)no1. The third-order valence-corrected chi connectivity index (χ3v) is 5.66. The number of amides is 1. The summed E-state index contributed by atoms with van der Waals surface area (Å²) in [5.74, 6) is 1.40. The van der Waals surface area contributed by atoms with Crippen LogP contribution in [0.3, 0.4) is 0 Å². The lowest BCUT2D eigenvalue weighted by molar-refractivity contribution is -0.115. The average Bonchev–Trinajstić information content (AvgIpc) is 3.17. The Labute approximate surface area is 169 Å². The molecule has 28 heavy (non-hydrogen) atoms. The topological polar surface area (TPSA) is 73.0 Å². The second-order valence-corrected chi connectivity index (χ2v) is 8.36. The molecule has 0 aliphatic heterocycles. The quantitative estimate of drug-likeness (QED) is 0.572. The molecule has 148 valence electrons. The van der Waals surface area contributed by atoms with Crippen molar-refractivity contribution in [1.82, 2.24) is 14.7 Å². The number of carbonyl (C=O) groups excluding carboxylic acids is 1. The molecule has 1 amide bonds. The molecule has 1 unspecified atom stereocenters. The molecule has 3 rings (SSSR count). The van der Waals surface area contributed by atoms with E-state index in [2.05, 4.69) is 35.8 Å². The number of thioether (sulfide) groups is 1. The Morgan fingerprint density at radius 1 is 1.21 bits per heavy atom. The molecule has 2 aromatic heterocycles. The number of nitrogens with one attached hydrogen (secondary N) is 1. The van der Waals surface area contributed by atoms with E-state index in [-0.39, 0.29) is 5.91 Å². The number of aromatic nitrogens is 3. The predicted octanol–water partition coefficient (Wildman–Crippen LogP) is 4.92. The summed E-state index contributed by atoms with van der Waals surface area (Å²) in [6.45, 7) is 11.1. The van der Waals surface area contributed by atoms with Gasteiger partial charge >= 0.3 is 0 Å². The fraction of sp³-hybridized carbons (Fsp3) is 0.381. The Kier molecular flexibility index (Phi) is 6.24. The van der Waals surface area contributed by atoms with E-state index in [4.69, 9.17) is 9.51 Å². The van der Waals surface area contributed by atoms with E-state index in [0.717, 1.165) is 28.7 Å². The number of rotatable bonds is 7. The first-order chi connectivity index (χ1) is 13.3. The molecule has 0 radical (unpaired) electrons. The third-order valence-electron chi connectivity index (χ3n) is 4.41. The zero-order valence-electron chi connectivity index (χ0n) is 16.9. The molecule has 2 heterocycles. The van der Waals surface area contributed by atoms with Crippen molar-refractivity contribution >= 4 is 23.5 Å². The molecule has 3 aromatic rings. The molecule has 0 fully saturated rings. The van der Waals surface area contributed by atoms with Crippen LogP contribution in [-0.2, 0) is 11.3 Å². The first-order valence-corrected chi connectivity index (χ1v) is 10.2. The summed E-state index contributed by atoms with van der Waals surface area (Å²) in [6, 6.07) is 11.4. The van der Waals surface area contributed by atoms with E-state index in [1.54, 1.807) is 13.0 Å². The minimum Gasteiger partial charge on any atom is -0.360 e. The summed E-state index contributed by atoms with van der Waals surface area (Å²) in [4.78, 5) is 17.8. The first kappa shape index (κ1) is 20.2. The molecule has 7 heteroatoms. The van der Waals surface area contributed by atoms with E-state index in [9.17, 15) is 4.79 Å². The van der Waals surface area contributed by atoms with Gasteiger partial charge in [-0.2, -0.15) is 0 Å². The Bertz CT molecular complexity index is 947. The highest BCUT2D eigenvalue weighted by Gasteiger charge is 2.26. The van der Waals surface area contributed by atoms with Crippen LogP contribution in [0.5, 0.6) is 0 Å². The molecule has 0 saturated carbocycles. The molecule has 0 saturated heterocycles. The van der Waals surface area contributed by atoms with Gasteiger partial charge in [-0.05, 0) is 32.3 Å². The van der Waals surface area contributed by atoms with Gasteiger partial charge in [-0.1, -0.05) is 61.1 Å². The van der Waals surface area contributed by atoms with Crippen molar-refractivity contribution in [3.63, 3.8) is 0 Å². The van der Waals surface area contributed by atoms with Crippen molar-refractivity contribution in [3.8, 4) is 0 Å². The molecule has 0 bridgehead atoms. The number of hydrogen-bond donors (Lipinski definition) is 1. The summed E-state index contributed by atoms with van der Waals surface area (Å²) in [5.41, 5.74) is 3.04. The van der Waals surface area contributed by atoms with Crippen LogP contribution in [0, 0.1) is 26.7 Å². The van der Waals surface area contributed by atoms with E-state index in [1.165, 1.54) is 11.8 Å². The van der Waals surface area contributed by atoms with Gasteiger partial charge in [0.15, 0.2) is 11.0 Å². The van der Waals surface area contributed by atoms with Gasteiger partial charge in [0.1, 0.15) is 11.0 Å². The molecule has 1 atom stereocenters. The smallest absolute Gasteiger partial charge is 0.243 e. The van der Waals surface area contributed by atoms with Gasteiger partial charge in [0.05, 0.1) is 5.69 Å². The Morgan fingerprint density at radius 3 is 2.54 bits per heavy atom. The molecule has 1 aromatic carbocycles. The van der Waals surface area contributed by atoms with Crippen molar-refractivity contribution in [2.75, 3.05) is 5.32 Å². The molecular weight excluding hydrogens is 372 g/mol. The van der Waals surface area contributed by atoms with Crippen molar-refractivity contribution in [2.45, 2.75) is 51.6 Å². The monoisotopic (exact) mass is 398 g/mol. The van der Waals surface area contributed by atoms with E-state index >= 15 is 0 Å². The lowest BCUT2D eigenvalue weighted by Crippen LogP contribution is -2.20. The summed E-state index contributed by atoms with van der Waals surface area (Å²) in [6.07, 6.45) is 0. The van der Waals surface area contributed by atoms with E-state index in [0.29, 0.717) is 17.5 Å². The first-order valence-electron chi connectivity index (χ1n) is 9.34. The fourth-order valence-corrected chi connectivity index (χ4v) is 4.12. The largest absolute Gasteiger partial charge is 0.360 e. The molecular formula is C21H26N4O2S. The van der Waals surface area contributed by atoms with Crippen LogP contribution in [0.2, 0.25) is 0 Å². The fourth-order valence-electron chi connectivity index (χ4n) is 2.92. The lowest BCUT2D eigenvalue weighted by Gasteiger charge is -2.18. The van der Waals surface area contributed by atoms with Crippen LogP contribution in [0.25, 0.3) is 0 Å². The Balaban J connectivity index is 1.92. The zero-order valence-corrected chi connectivity index (χ0v) is 17.7. The predicted molar refractivity (Wildman–Crippen MR) is 111 cm³/mol. The number of anilines is 1. The maximum atomic E-state index is 13.1. The molecule has 1 N–H and O–H groups in total.